The minimum Gasteiger partial charge on any atom is -0.444 e. The normalized spacial score (nSPS) is 15.1. The Labute approximate surface area is 138 Å². The summed E-state index contributed by atoms with van der Waals surface area (Å²) in [6.07, 6.45) is 0. The van der Waals surface area contributed by atoms with Gasteiger partial charge in [0.2, 0.25) is 5.91 Å². The Bertz CT molecular complexity index is 636. The van der Waals surface area contributed by atoms with Gasteiger partial charge in [-0.15, -0.1) is 0 Å². The van der Waals surface area contributed by atoms with E-state index in [1.807, 2.05) is 0 Å². The molecule has 1 fully saturated rings. The summed E-state index contributed by atoms with van der Waals surface area (Å²) in [6, 6.07) is 4.16. The number of ether oxygens (including phenoxy) is 1. The highest BCUT2D eigenvalue weighted by molar-refractivity contribution is 5.85. The number of halogens is 1. The molecule has 0 bridgehead atoms. The lowest BCUT2D eigenvalue weighted by molar-refractivity contribution is -0.165. The minimum atomic E-state index is -1.44. The van der Waals surface area contributed by atoms with Crippen LogP contribution < -0.4 is 10.6 Å². The highest BCUT2D eigenvalue weighted by Crippen LogP contribution is 2.25. The highest BCUT2D eigenvalue weighted by Gasteiger charge is 2.36. The van der Waals surface area contributed by atoms with Crippen molar-refractivity contribution < 1.29 is 28.9 Å². The molecule has 1 aromatic rings. The van der Waals surface area contributed by atoms with Crippen LogP contribution in [-0.4, -0.2) is 60.1 Å². The third kappa shape index (κ3) is 3.57. The quantitative estimate of drug-likeness (QED) is 0.472. The number of rotatable bonds is 6. The molecule has 0 aromatic heterocycles. The van der Waals surface area contributed by atoms with Crippen LogP contribution in [0.15, 0.2) is 18.2 Å². The van der Waals surface area contributed by atoms with E-state index >= 15 is 0 Å². The van der Waals surface area contributed by atoms with Gasteiger partial charge in [-0.2, -0.15) is 0 Å². The van der Waals surface area contributed by atoms with E-state index in [0.29, 0.717) is 0 Å². The fourth-order valence-electron chi connectivity index (χ4n) is 2.14. The SMILES string of the molecule is CC(CO)(CO)C(=O)OCN1CN(c2ccc(N)cc2F)CC1=O. The lowest BCUT2D eigenvalue weighted by atomic mass is 9.93. The maximum absolute atomic E-state index is 13.9. The number of hydrogen-bond acceptors (Lipinski definition) is 7. The summed E-state index contributed by atoms with van der Waals surface area (Å²) in [7, 11) is 0. The molecule has 4 N–H and O–H groups in total. The van der Waals surface area contributed by atoms with Gasteiger partial charge in [0, 0.05) is 5.69 Å². The Hall–Kier alpha value is -2.39. The number of carbonyl (C=O) groups is 2. The van der Waals surface area contributed by atoms with E-state index in [9.17, 15) is 14.0 Å². The molecule has 132 valence electrons. The molecule has 1 amide bonds. The van der Waals surface area contributed by atoms with Crippen LogP contribution in [0, 0.1) is 11.2 Å². The van der Waals surface area contributed by atoms with Gasteiger partial charge in [0.1, 0.15) is 11.2 Å². The molecule has 1 saturated heterocycles. The van der Waals surface area contributed by atoms with Crippen molar-refractivity contribution in [3.8, 4) is 0 Å². The molecule has 1 heterocycles. The van der Waals surface area contributed by atoms with Gasteiger partial charge >= 0.3 is 5.97 Å². The highest BCUT2D eigenvalue weighted by atomic mass is 19.1. The van der Waals surface area contributed by atoms with Gasteiger partial charge < -0.3 is 25.6 Å². The third-order valence-electron chi connectivity index (χ3n) is 3.87. The number of carbonyl (C=O) groups excluding carboxylic acids is 2. The van der Waals surface area contributed by atoms with Crippen molar-refractivity contribution in [3.63, 3.8) is 0 Å². The molecule has 1 aromatic carbocycles. The molecule has 0 spiro atoms. The Morgan fingerprint density at radius 3 is 2.67 bits per heavy atom. The average molecular weight is 341 g/mol. The number of aliphatic hydroxyl groups is 2. The minimum absolute atomic E-state index is 0.0436. The fraction of sp³-hybridized carbons (Fsp3) is 0.467. The molecule has 0 atom stereocenters. The van der Waals surface area contributed by atoms with Crippen molar-refractivity contribution in [2.24, 2.45) is 5.41 Å². The summed E-state index contributed by atoms with van der Waals surface area (Å²) < 4.78 is 18.9. The van der Waals surface area contributed by atoms with E-state index in [1.165, 1.54) is 28.9 Å². The summed E-state index contributed by atoms with van der Waals surface area (Å²) in [5, 5.41) is 18.3. The van der Waals surface area contributed by atoms with Crippen molar-refractivity contribution in [1.82, 2.24) is 4.90 Å². The molecular weight excluding hydrogens is 321 g/mol. The van der Waals surface area contributed by atoms with Crippen LogP contribution in [0.1, 0.15) is 6.92 Å². The van der Waals surface area contributed by atoms with Crippen molar-refractivity contribution in [1.29, 1.82) is 0 Å². The number of hydrogen-bond donors (Lipinski definition) is 3. The van der Waals surface area contributed by atoms with Crippen LogP contribution in [0.2, 0.25) is 0 Å². The lowest BCUT2D eigenvalue weighted by Crippen LogP contribution is -2.40. The van der Waals surface area contributed by atoms with Crippen LogP contribution in [-0.2, 0) is 14.3 Å². The first-order valence-corrected chi connectivity index (χ1v) is 7.27. The van der Waals surface area contributed by atoms with E-state index in [4.69, 9.17) is 20.7 Å². The smallest absolute Gasteiger partial charge is 0.318 e. The monoisotopic (exact) mass is 341 g/mol. The number of nitrogens with two attached hydrogens (primary N) is 1. The zero-order valence-electron chi connectivity index (χ0n) is 13.2. The van der Waals surface area contributed by atoms with Gasteiger partial charge in [0.15, 0.2) is 6.73 Å². The number of anilines is 2. The Kier molecular flexibility index (Phi) is 5.25. The largest absolute Gasteiger partial charge is 0.444 e. The van der Waals surface area contributed by atoms with Gasteiger partial charge in [-0.25, -0.2) is 4.39 Å². The Morgan fingerprint density at radius 1 is 1.42 bits per heavy atom. The van der Waals surface area contributed by atoms with E-state index in [0.717, 1.165) is 6.07 Å². The molecule has 0 radical (unpaired) electrons. The standard InChI is InChI=1S/C15H20FN3O5/c1-15(6-20,7-21)14(23)24-9-19-8-18(5-13(19)22)12-3-2-10(17)4-11(12)16/h2-4,20-21H,5-9,17H2,1H3. The summed E-state index contributed by atoms with van der Waals surface area (Å²) in [5.41, 5.74) is 4.56. The van der Waals surface area contributed by atoms with E-state index in [-0.39, 0.29) is 37.2 Å². The van der Waals surface area contributed by atoms with Crippen molar-refractivity contribution in [2.45, 2.75) is 6.92 Å². The van der Waals surface area contributed by atoms with Gasteiger partial charge in [-0.05, 0) is 25.1 Å². The summed E-state index contributed by atoms with van der Waals surface area (Å²) in [4.78, 5) is 26.6. The second-order valence-electron chi connectivity index (χ2n) is 5.92. The number of nitrogens with zero attached hydrogens (tertiary/aromatic N) is 2. The summed E-state index contributed by atoms with van der Waals surface area (Å²) >= 11 is 0. The zero-order valence-corrected chi connectivity index (χ0v) is 13.2. The van der Waals surface area contributed by atoms with Crippen molar-refractivity contribution in [2.75, 3.05) is 43.8 Å². The van der Waals surface area contributed by atoms with E-state index < -0.39 is 30.4 Å². The number of benzene rings is 1. The Morgan fingerprint density at radius 2 is 2.08 bits per heavy atom. The molecule has 2 rings (SSSR count). The summed E-state index contributed by atoms with van der Waals surface area (Å²) in [6.45, 7) is -0.187. The van der Waals surface area contributed by atoms with Crippen LogP contribution in [0.5, 0.6) is 0 Å². The predicted octanol–water partition coefficient (Wildman–Crippen LogP) is -0.494. The van der Waals surface area contributed by atoms with Crippen LogP contribution >= 0.6 is 0 Å². The first-order chi connectivity index (χ1) is 11.3. The molecule has 0 aliphatic carbocycles. The molecular formula is C15H20FN3O5. The van der Waals surface area contributed by atoms with Crippen molar-refractivity contribution in [3.05, 3.63) is 24.0 Å². The van der Waals surface area contributed by atoms with Gasteiger partial charge in [-0.1, -0.05) is 0 Å². The Balaban J connectivity index is 1.99. The molecule has 0 saturated carbocycles. The summed E-state index contributed by atoms with van der Waals surface area (Å²) in [5.74, 6) is -1.71. The second kappa shape index (κ2) is 7.02. The fourth-order valence-corrected chi connectivity index (χ4v) is 2.14. The van der Waals surface area contributed by atoms with Crippen LogP contribution in [0.4, 0.5) is 15.8 Å². The van der Waals surface area contributed by atoms with Crippen LogP contribution in [0.25, 0.3) is 0 Å². The molecule has 24 heavy (non-hydrogen) atoms. The maximum Gasteiger partial charge on any atom is 0.318 e. The van der Waals surface area contributed by atoms with Gasteiger partial charge in [-0.3, -0.25) is 14.5 Å². The van der Waals surface area contributed by atoms with Crippen molar-refractivity contribution >= 4 is 23.3 Å². The number of aliphatic hydroxyl groups excluding tert-OH is 2. The molecule has 0 unspecified atom stereocenters. The molecule has 1 aliphatic rings. The van der Waals surface area contributed by atoms with Gasteiger partial charge in [0.25, 0.3) is 0 Å². The van der Waals surface area contributed by atoms with Gasteiger partial charge in [0.05, 0.1) is 32.1 Å². The lowest BCUT2D eigenvalue weighted by Gasteiger charge is -2.24. The average Bonchev–Trinajstić information content (AvgIpc) is 2.92. The third-order valence-corrected chi connectivity index (χ3v) is 3.87. The maximum atomic E-state index is 13.9. The molecule has 9 heteroatoms. The number of nitrogen functional groups attached to an aromatic ring is 1. The zero-order chi connectivity index (χ0) is 17.9. The number of amides is 1. The van der Waals surface area contributed by atoms with E-state index in [2.05, 4.69) is 0 Å². The molecule has 8 nitrogen and oxygen atoms in total. The second-order valence-corrected chi connectivity index (χ2v) is 5.92. The first-order valence-electron chi connectivity index (χ1n) is 7.27. The predicted molar refractivity (Wildman–Crippen MR) is 83.1 cm³/mol. The molecule has 1 aliphatic heterocycles. The number of esters is 1. The topological polar surface area (TPSA) is 116 Å². The first kappa shape index (κ1) is 18.0. The van der Waals surface area contributed by atoms with Crippen LogP contribution in [0.3, 0.4) is 0 Å². The van der Waals surface area contributed by atoms with E-state index in [1.54, 1.807) is 0 Å².